The minimum atomic E-state index is 0.406. The maximum absolute atomic E-state index is 5.51. The summed E-state index contributed by atoms with van der Waals surface area (Å²) in [4.78, 5) is 2.46. The van der Waals surface area contributed by atoms with Crippen LogP contribution in [0.25, 0.3) is 0 Å². The predicted octanol–water partition coefficient (Wildman–Crippen LogP) is 4.12. The molecule has 0 bridgehead atoms. The van der Waals surface area contributed by atoms with Gasteiger partial charge in [0.1, 0.15) is 5.76 Å². The van der Waals surface area contributed by atoms with Gasteiger partial charge in [-0.2, -0.15) is 0 Å². The molecule has 0 spiro atoms. The molecule has 0 aliphatic heterocycles. The molecule has 3 nitrogen and oxygen atoms in total. The second kappa shape index (κ2) is 6.35. The van der Waals surface area contributed by atoms with Crippen LogP contribution in [0.3, 0.4) is 0 Å². The van der Waals surface area contributed by atoms with Gasteiger partial charge in [0.25, 0.3) is 0 Å². The molecule has 3 rings (SSSR count). The zero-order valence-electron chi connectivity index (χ0n) is 12.9. The van der Waals surface area contributed by atoms with Gasteiger partial charge in [0, 0.05) is 17.8 Å². The monoisotopic (exact) mass is 284 g/mol. The number of hydrogen-bond donors (Lipinski definition) is 1. The van der Waals surface area contributed by atoms with Crippen LogP contribution in [0.4, 0.5) is 5.69 Å². The fraction of sp³-hybridized carbons (Fsp3) is 0.444. The first-order chi connectivity index (χ1) is 10.3. The van der Waals surface area contributed by atoms with Crippen LogP contribution in [0.15, 0.2) is 47.1 Å². The highest BCUT2D eigenvalue weighted by Crippen LogP contribution is 2.33. The molecule has 1 saturated carbocycles. The zero-order chi connectivity index (χ0) is 14.7. The quantitative estimate of drug-likeness (QED) is 0.829. The molecule has 1 N–H and O–H groups in total. The van der Waals surface area contributed by atoms with E-state index in [1.54, 1.807) is 6.26 Å². The second-order valence-corrected chi connectivity index (χ2v) is 5.81. The van der Waals surface area contributed by atoms with Crippen LogP contribution in [0.5, 0.6) is 0 Å². The Morgan fingerprint density at radius 3 is 2.57 bits per heavy atom. The predicted molar refractivity (Wildman–Crippen MR) is 86.4 cm³/mol. The van der Waals surface area contributed by atoms with Gasteiger partial charge in [-0.1, -0.05) is 19.1 Å². The minimum Gasteiger partial charge on any atom is -0.467 e. The number of nitrogens with zero attached hydrogens (tertiary/aromatic N) is 1. The first-order valence-electron chi connectivity index (χ1n) is 7.90. The molecule has 0 saturated heterocycles. The smallest absolute Gasteiger partial charge is 0.123 e. The molecule has 2 aromatic rings. The number of anilines is 1. The summed E-state index contributed by atoms with van der Waals surface area (Å²) >= 11 is 0. The van der Waals surface area contributed by atoms with Crippen LogP contribution in [-0.2, 0) is 6.54 Å². The minimum absolute atomic E-state index is 0.406. The standard InChI is InChI=1S/C18H24N2O/c1-3-19-14(2)15-6-8-16(9-7-15)20(17-10-11-17)13-18-5-4-12-21-18/h4-9,12,14,17,19H,3,10-11,13H2,1-2H3. The molecule has 1 atom stereocenters. The van der Waals surface area contributed by atoms with Gasteiger partial charge in [-0.05, 0) is 56.1 Å². The molecule has 1 heterocycles. The third kappa shape index (κ3) is 3.48. The maximum Gasteiger partial charge on any atom is 0.123 e. The van der Waals surface area contributed by atoms with Crippen molar-refractivity contribution in [1.82, 2.24) is 5.32 Å². The largest absolute Gasteiger partial charge is 0.467 e. The zero-order valence-corrected chi connectivity index (χ0v) is 12.9. The number of rotatable bonds is 7. The molecular formula is C18H24N2O. The summed E-state index contributed by atoms with van der Waals surface area (Å²) in [7, 11) is 0. The Labute approximate surface area is 127 Å². The highest BCUT2D eigenvalue weighted by Gasteiger charge is 2.29. The van der Waals surface area contributed by atoms with Gasteiger partial charge in [0.05, 0.1) is 12.8 Å². The number of benzene rings is 1. The number of hydrogen-bond acceptors (Lipinski definition) is 3. The SMILES string of the molecule is CCNC(C)c1ccc(N(Cc2ccco2)C2CC2)cc1. The Kier molecular flexibility index (Phi) is 4.30. The summed E-state index contributed by atoms with van der Waals surface area (Å²) < 4.78 is 5.51. The molecule has 1 aliphatic carbocycles. The lowest BCUT2D eigenvalue weighted by Gasteiger charge is -2.24. The van der Waals surface area contributed by atoms with E-state index >= 15 is 0 Å². The molecule has 0 amide bonds. The van der Waals surface area contributed by atoms with Crippen molar-refractivity contribution < 1.29 is 4.42 Å². The van der Waals surface area contributed by atoms with Gasteiger partial charge < -0.3 is 14.6 Å². The van der Waals surface area contributed by atoms with Crippen LogP contribution in [-0.4, -0.2) is 12.6 Å². The van der Waals surface area contributed by atoms with E-state index < -0.39 is 0 Å². The van der Waals surface area contributed by atoms with Gasteiger partial charge in [-0.25, -0.2) is 0 Å². The summed E-state index contributed by atoms with van der Waals surface area (Å²) in [6.07, 6.45) is 4.33. The van der Waals surface area contributed by atoms with Crippen molar-refractivity contribution in [2.75, 3.05) is 11.4 Å². The second-order valence-electron chi connectivity index (χ2n) is 5.81. The molecular weight excluding hydrogens is 260 g/mol. The van der Waals surface area contributed by atoms with E-state index in [1.165, 1.54) is 24.1 Å². The number of furan rings is 1. The normalized spacial score (nSPS) is 15.9. The van der Waals surface area contributed by atoms with Gasteiger partial charge >= 0.3 is 0 Å². The van der Waals surface area contributed by atoms with E-state index in [9.17, 15) is 0 Å². The van der Waals surface area contributed by atoms with E-state index in [4.69, 9.17) is 4.42 Å². The van der Waals surface area contributed by atoms with Crippen molar-refractivity contribution in [3.63, 3.8) is 0 Å². The molecule has 0 radical (unpaired) electrons. The van der Waals surface area contributed by atoms with Crippen molar-refractivity contribution in [1.29, 1.82) is 0 Å². The van der Waals surface area contributed by atoms with Crippen LogP contribution < -0.4 is 10.2 Å². The third-order valence-electron chi connectivity index (χ3n) is 4.13. The molecule has 3 heteroatoms. The highest BCUT2D eigenvalue weighted by atomic mass is 16.3. The summed E-state index contributed by atoms with van der Waals surface area (Å²) in [6.45, 7) is 6.21. The molecule has 112 valence electrons. The Morgan fingerprint density at radius 1 is 1.24 bits per heavy atom. The lowest BCUT2D eigenvalue weighted by molar-refractivity contribution is 0.501. The van der Waals surface area contributed by atoms with Crippen molar-refractivity contribution in [2.24, 2.45) is 0 Å². The fourth-order valence-corrected chi connectivity index (χ4v) is 2.77. The first-order valence-corrected chi connectivity index (χ1v) is 7.90. The molecule has 1 fully saturated rings. The van der Waals surface area contributed by atoms with Gasteiger partial charge in [0.15, 0.2) is 0 Å². The Balaban J connectivity index is 1.74. The Morgan fingerprint density at radius 2 is 2.00 bits per heavy atom. The lowest BCUT2D eigenvalue weighted by atomic mass is 10.1. The summed E-state index contributed by atoms with van der Waals surface area (Å²) in [5.74, 6) is 1.03. The summed E-state index contributed by atoms with van der Waals surface area (Å²) in [5.41, 5.74) is 2.63. The summed E-state index contributed by atoms with van der Waals surface area (Å²) in [5, 5.41) is 3.45. The topological polar surface area (TPSA) is 28.4 Å². The molecule has 1 aliphatic rings. The third-order valence-corrected chi connectivity index (χ3v) is 4.13. The lowest BCUT2D eigenvalue weighted by Crippen LogP contribution is -2.25. The Bertz CT molecular complexity index is 543. The van der Waals surface area contributed by atoms with Crippen LogP contribution in [0.1, 0.15) is 44.1 Å². The summed E-state index contributed by atoms with van der Waals surface area (Å²) in [6, 6.07) is 14.0. The van der Waals surface area contributed by atoms with Gasteiger partial charge in [-0.3, -0.25) is 0 Å². The van der Waals surface area contributed by atoms with Crippen LogP contribution >= 0.6 is 0 Å². The molecule has 1 aromatic heterocycles. The Hall–Kier alpha value is -1.74. The van der Waals surface area contributed by atoms with Gasteiger partial charge in [-0.15, -0.1) is 0 Å². The van der Waals surface area contributed by atoms with Crippen molar-refractivity contribution in [3.8, 4) is 0 Å². The number of nitrogens with one attached hydrogen (secondary N) is 1. The van der Waals surface area contributed by atoms with E-state index in [0.717, 1.165) is 18.8 Å². The highest BCUT2D eigenvalue weighted by molar-refractivity contribution is 5.50. The van der Waals surface area contributed by atoms with Crippen LogP contribution in [0.2, 0.25) is 0 Å². The average Bonchev–Trinajstić information content (AvgIpc) is 3.22. The first kappa shape index (κ1) is 14.2. The van der Waals surface area contributed by atoms with Crippen molar-refractivity contribution in [3.05, 3.63) is 54.0 Å². The van der Waals surface area contributed by atoms with E-state index in [-0.39, 0.29) is 0 Å². The average molecular weight is 284 g/mol. The van der Waals surface area contributed by atoms with Crippen molar-refractivity contribution in [2.45, 2.75) is 45.3 Å². The molecule has 1 aromatic carbocycles. The maximum atomic E-state index is 5.51. The van der Waals surface area contributed by atoms with E-state index in [2.05, 4.69) is 54.4 Å². The van der Waals surface area contributed by atoms with Crippen molar-refractivity contribution >= 4 is 5.69 Å². The molecule has 21 heavy (non-hydrogen) atoms. The van der Waals surface area contributed by atoms with Gasteiger partial charge in [0.2, 0.25) is 0 Å². The van der Waals surface area contributed by atoms with E-state index in [1.807, 2.05) is 6.07 Å². The fourth-order valence-electron chi connectivity index (χ4n) is 2.77. The molecule has 1 unspecified atom stereocenters. The van der Waals surface area contributed by atoms with Crippen LogP contribution in [0, 0.1) is 0 Å². The van der Waals surface area contributed by atoms with E-state index in [0.29, 0.717) is 12.1 Å².